The van der Waals surface area contributed by atoms with Crippen LogP contribution in [0.3, 0.4) is 0 Å². The molecule has 138 valence electrons. The van der Waals surface area contributed by atoms with Gasteiger partial charge in [-0.15, -0.1) is 0 Å². The van der Waals surface area contributed by atoms with Gasteiger partial charge in [-0.1, -0.05) is 23.7 Å². The van der Waals surface area contributed by atoms with Gasteiger partial charge in [0.05, 0.1) is 23.0 Å². The second kappa shape index (κ2) is 8.51. The number of nitrogens with zero attached hydrogens (tertiary/aromatic N) is 2. The molecule has 3 rings (SSSR count). The number of rotatable bonds is 6. The first kappa shape index (κ1) is 18.7. The number of carbonyl (C=O) groups excluding carboxylic acids is 1. The van der Waals surface area contributed by atoms with Crippen LogP contribution in [0.1, 0.15) is 6.92 Å². The fourth-order valence-electron chi connectivity index (χ4n) is 2.49. The number of carbonyl (C=O) groups is 1. The normalized spacial score (nSPS) is 10.4. The molecule has 27 heavy (non-hydrogen) atoms. The van der Waals surface area contributed by atoms with Crippen LogP contribution in [0.15, 0.2) is 65.5 Å². The minimum Gasteiger partial charge on any atom is -0.494 e. The Morgan fingerprint density at radius 3 is 2.56 bits per heavy atom. The van der Waals surface area contributed by atoms with Gasteiger partial charge in [-0.25, -0.2) is 4.68 Å². The van der Waals surface area contributed by atoms with Gasteiger partial charge in [0.25, 0.3) is 5.56 Å². The number of halogens is 1. The largest absolute Gasteiger partial charge is 0.494 e. The molecule has 0 atom stereocenters. The van der Waals surface area contributed by atoms with Crippen LogP contribution >= 0.6 is 11.6 Å². The number of para-hydroxylation sites is 1. The first-order valence-electron chi connectivity index (χ1n) is 8.42. The molecule has 1 amide bonds. The van der Waals surface area contributed by atoms with Gasteiger partial charge in [-0.3, -0.25) is 9.59 Å². The SMILES string of the molecule is CCOc1ccc(-c2ccc(=O)n(CC(=O)Nc3ccccc3Cl)n2)cc1. The molecule has 0 radical (unpaired) electrons. The third-order valence-corrected chi connectivity index (χ3v) is 4.10. The summed E-state index contributed by atoms with van der Waals surface area (Å²) in [5, 5.41) is 7.40. The number of ether oxygens (including phenoxy) is 1. The average molecular weight is 384 g/mol. The number of benzene rings is 2. The monoisotopic (exact) mass is 383 g/mol. The Labute approximate surface area is 161 Å². The van der Waals surface area contributed by atoms with Gasteiger partial charge in [-0.2, -0.15) is 5.10 Å². The molecule has 3 aromatic rings. The molecule has 0 bridgehead atoms. The minimum atomic E-state index is -0.387. The number of aromatic nitrogens is 2. The number of hydrogen-bond acceptors (Lipinski definition) is 4. The lowest BCUT2D eigenvalue weighted by molar-refractivity contribution is -0.117. The molecule has 1 aromatic heterocycles. The Hall–Kier alpha value is -3.12. The summed E-state index contributed by atoms with van der Waals surface area (Å²) in [6, 6.07) is 17.3. The number of anilines is 1. The maximum Gasteiger partial charge on any atom is 0.267 e. The highest BCUT2D eigenvalue weighted by atomic mass is 35.5. The molecular weight excluding hydrogens is 366 g/mol. The van der Waals surface area contributed by atoms with Crippen molar-refractivity contribution in [3.8, 4) is 17.0 Å². The van der Waals surface area contributed by atoms with Crippen LogP contribution in [0.5, 0.6) is 5.75 Å². The Balaban J connectivity index is 1.78. The maximum atomic E-state index is 12.3. The summed E-state index contributed by atoms with van der Waals surface area (Å²) in [5.74, 6) is 0.371. The van der Waals surface area contributed by atoms with E-state index in [9.17, 15) is 9.59 Å². The van der Waals surface area contributed by atoms with Crippen LogP contribution in [-0.4, -0.2) is 22.3 Å². The quantitative estimate of drug-likeness (QED) is 0.705. The van der Waals surface area contributed by atoms with E-state index in [0.29, 0.717) is 23.0 Å². The minimum absolute atomic E-state index is 0.213. The molecule has 0 fully saturated rings. The zero-order valence-corrected chi connectivity index (χ0v) is 15.4. The van der Waals surface area contributed by atoms with Crippen molar-refractivity contribution in [3.05, 3.63) is 76.0 Å². The van der Waals surface area contributed by atoms with Gasteiger partial charge in [0, 0.05) is 11.6 Å². The van der Waals surface area contributed by atoms with E-state index in [1.54, 1.807) is 30.3 Å². The summed E-state index contributed by atoms with van der Waals surface area (Å²) in [6.45, 7) is 2.29. The molecule has 0 aliphatic carbocycles. The predicted molar refractivity (Wildman–Crippen MR) is 105 cm³/mol. The Kier molecular flexibility index (Phi) is 5.88. The molecule has 0 aliphatic rings. The molecule has 0 aliphatic heterocycles. The molecule has 7 heteroatoms. The molecular formula is C20H18ClN3O3. The summed E-state index contributed by atoms with van der Waals surface area (Å²) in [4.78, 5) is 24.3. The summed E-state index contributed by atoms with van der Waals surface area (Å²) in [5.41, 5.74) is 1.53. The summed E-state index contributed by atoms with van der Waals surface area (Å²) in [7, 11) is 0. The van der Waals surface area contributed by atoms with Crippen LogP contribution in [0.4, 0.5) is 5.69 Å². The van der Waals surface area contributed by atoms with Crippen molar-refractivity contribution in [1.29, 1.82) is 0 Å². The number of amides is 1. The van der Waals surface area contributed by atoms with Gasteiger partial charge in [-0.05, 0) is 49.4 Å². The zero-order valence-electron chi connectivity index (χ0n) is 14.7. The molecule has 0 saturated carbocycles. The standard InChI is InChI=1S/C20H18ClN3O3/c1-2-27-15-9-7-14(8-10-15)17-11-12-20(26)24(23-17)13-19(25)22-18-6-4-3-5-16(18)21/h3-12H,2,13H2,1H3,(H,22,25). The van der Waals surface area contributed by atoms with E-state index in [4.69, 9.17) is 16.3 Å². The van der Waals surface area contributed by atoms with Gasteiger partial charge in [0.15, 0.2) is 0 Å². The van der Waals surface area contributed by atoms with Crippen molar-refractivity contribution in [2.75, 3.05) is 11.9 Å². The van der Waals surface area contributed by atoms with Crippen LogP contribution in [0.2, 0.25) is 5.02 Å². The lowest BCUT2D eigenvalue weighted by Gasteiger charge is -2.09. The third-order valence-electron chi connectivity index (χ3n) is 3.77. The van der Waals surface area contributed by atoms with E-state index in [1.165, 1.54) is 6.07 Å². The van der Waals surface area contributed by atoms with Crippen molar-refractivity contribution in [3.63, 3.8) is 0 Å². The second-order valence-corrected chi connectivity index (χ2v) is 6.11. The first-order valence-corrected chi connectivity index (χ1v) is 8.80. The Morgan fingerprint density at radius 1 is 1.11 bits per heavy atom. The van der Waals surface area contributed by atoms with Crippen LogP contribution < -0.4 is 15.6 Å². The van der Waals surface area contributed by atoms with Crippen LogP contribution in [0.25, 0.3) is 11.3 Å². The van der Waals surface area contributed by atoms with E-state index < -0.39 is 0 Å². The Bertz CT molecular complexity index is 1000. The maximum absolute atomic E-state index is 12.3. The second-order valence-electron chi connectivity index (χ2n) is 5.70. The van der Waals surface area contributed by atoms with E-state index in [2.05, 4.69) is 10.4 Å². The fourth-order valence-corrected chi connectivity index (χ4v) is 2.68. The highest BCUT2D eigenvalue weighted by Gasteiger charge is 2.10. The highest BCUT2D eigenvalue weighted by Crippen LogP contribution is 2.21. The Morgan fingerprint density at radius 2 is 1.85 bits per heavy atom. The third kappa shape index (κ3) is 4.74. The lowest BCUT2D eigenvalue weighted by Crippen LogP contribution is -2.29. The van der Waals surface area contributed by atoms with E-state index >= 15 is 0 Å². The topological polar surface area (TPSA) is 73.2 Å². The molecule has 1 heterocycles. The summed E-state index contributed by atoms with van der Waals surface area (Å²) >= 11 is 6.03. The molecule has 0 unspecified atom stereocenters. The first-order chi connectivity index (χ1) is 13.1. The number of nitrogens with one attached hydrogen (secondary N) is 1. The van der Waals surface area contributed by atoms with Gasteiger partial charge in [0.1, 0.15) is 12.3 Å². The van der Waals surface area contributed by atoms with Crippen LogP contribution in [0, 0.1) is 0 Å². The highest BCUT2D eigenvalue weighted by molar-refractivity contribution is 6.33. The summed E-state index contributed by atoms with van der Waals surface area (Å²) in [6.07, 6.45) is 0. The average Bonchev–Trinajstić information content (AvgIpc) is 2.66. The zero-order chi connectivity index (χ0) is 19.2. The predicted octanol–water partition coefficient (Wildman–Crippen LogP) is 3.60. The van der Waals surface area contributed by atoms with Crippen molar-refractivity contribution in [2.24, 2.45) is 0 Å². The van der Waals surface area contributed by atoms with Gasteiger partial charge in [0.2, 0.25) is 5.91 Å². The molecule has 0 saturated heterocycles. The van der Waals surface area contributed by atoms with Gasteiger partial charge >= 0.3 is 0 Å². The van der Waals surface area contributed by atoms with Crippen molar-refractivity contribution < 1.29 is 9.53 Å². The fraction of sp³-hybridized carbons (Fsp3) is 0.150. The van der Waals surface area contributed by atoms with Crippen molar-refractivity contribution in [1.82, 2.24) is 9.78 Å². The van der Waals surface area contributed by atoms with Crippen molar-refractivity contribution >= 4 is 23.2 Å². The molecule has 2 aromatic carbocycles. The molecule has 6 nitrogen and oxygen atoms in total. The van der Waals surface area contributed by atoms with E-state index in [1.807, 2.05) is 31.2 Å². The van der Waals surface area contributed by atoms with Gasteiger partial charge < -0.3 is 10.1 Å². The van der Waals surface area contributed by atoms with E-state index in [0.717, 1.165) is 16.0 Å². The smallest absolute Gasteiger partial charge is 0.267 e. The summed E-state index contributed by atoms with van der Waals surface area (Å²) < 4.78 is 6.54. The van der Waals surface area contributed by atoms with Crippen molar-refractivity contribution in [2.45, 2.75) is 13.5 Å². The number of hydrogen-bond donors (Lipinski definition) is 1. The molecule has 0 spiro atoms. The molecule has 1 N–H and O–H groups in total. The van der Waals surface area contributed by atoms with Crippen LogP contribution in [-0.2, 0) is 11.3 Å². The lowest BCUT2D eigenvalue weighted by atomic mass is 10.1. The van der Waals surface area contributed by atoms with E-state index in [-0.39, 0.29) is 18.0 Å².